The van der Waals surface area contributed by atoms with Gasteiger partial charge in [-0.15, -0.1) is 0 Å². The monoisotopic (exact) mass is 517 g/mol. The minimum Gasteiger partial charge on any atom is -0.387 e. The van der Waals surface area contributed by atoms with Crippen LogP contribution in [0.3, 0.4) is 0 Å². The lowest BCUT2D eigenvalue weighted by molar-refractivity contribution is -0.130. The van der Waals surface area contributed by atoms with Crippen molar-refractivity contribution in [1.82, 2.24) is 5.32 Å². The van der Waals surface area contributed by atoms with E-state index in [4.69, 9.17) is 0 Å². The standard InChI is InChI=1S/C27H51NO6S/c1-3-5-7-9-11-13-15-17-19-21-25(29)24(23-35(32,33)34)28-27(31)26(30)22-20-18-16-14-12-10-8-6-4-2/h10,12,19,21,24-26,29-30H,3-9,11,13-18,20,22-23H2,1-2H3,(H,28,31)(H,32,33,34)/b12-10-,21-19+. The number of hydrogen-bond donors (Lipinski definition) is 4. The van der Waals surface area contributed by atoms with E-state index in [1.165, 1.54) is 51.0 Å². The minimum absolute atomic E-state index is 0.258. The topological polar surface area (TPSA) is 124 Å². The summed E-state index contributed by atoms with van der Waals surface area (Å²) in [4.78, 5) is 12.3. The van der Waals surface area contributed by atoms with Crippen molar-refractivity contribution < 1.29 is 28.0 Å². The van der Waals surface area contributed by atoms with Crippen molar-refractivity contribution in [2.24, 2.45) is 0 Å². The molecule has 0 aromatic carbocycles. The normalized spacial score (nSPS) is 15.0. The lowest BCUT2D eigenvalue weighted by Gasteiger charge is -2.22. The zero-order valence-corrected chi connectivity index (χ0v) is 22.9. The summed E-state index contributed by atoms with van der Waals surface area (Å²) in [5.41, 5.74) is 0. The van der Waals surface area contributed by atoms with Crippen molar-refractivity contribution in [3.05, 3.63) is 24.3 Å². The Bertz CT molecular complexity index is 677. The second-order valence-corrected chi connectivity index (χ2v) is 11.0. The molecule has 7 nitrogen and oxygen atoms in total. The van der Waals surface area contributed by atoms with Crippen LogP contribution in [-0.2, 0) is 14.9 Å². The molecule has 0 aliphatic rings. The van der Waals surface area contributed by atoms with Crippen LogP contribution in [0.2, 0.25) is 0 Å². The van der Waals surface area contributed by atoms with Gasteiger partial charge in [0.15, 0.2) is 0 Å². The predicted octanol–water partition coefficient (Wildman–Crippen LogP) is 5.47. The minimum atomic E-state index is -4.42. The van der Waals surface area contributed by atoms with Gasteiger partial charge in [-0.2, -0.15) is 8.42 Å². The van der Waals surface area contributed by atoms with E-state index in [1.807, 2.05) is 0 Å². The van der Waals surface area contributed by atoms with Crippen molar-refractivity contribution in [1.29, 1.82) is 0 Å². The van der Waals surface area contributed by atoms with E-state index in [0.29, 0.717) is 6.42 Å². The van der Waals surface area contributed by atoms with Crippen LogP contribution in [0.4, 0.5) is 0 Å². The summed E-state index contributed by atoms with van der Waals surface area (Å²) in [5.74, 6) is -1.56. The zero-order valence-electron chi connectivity index (χ0n) is 22.0. The number of aliphatic hydroxyl groups excluding tert-OH is 2. The molecule has 4 N–H and O–H groups in total. The van der Waals surface area contributed by atoms with Gasteiger partial charge in [0.05, 0.1) is 17.9 Å². The lowest BCUT2D eigenvalue weighted by atomic mass is 10.1. The average Bonchev–Trinajstić information content (AvgIpc) is 2.80. The Morgan fingerprint density at radius 3 is 1.89 bits per heavy atom. The molecule has 3 unspecified atom stereocenters. The Kier molecular flexibility index (Phi) is 21.2. The van der Waals surface area contributed by atoms with E-state index < -0.39 is 40.0 Å². The van der Waals surface area contributed by atoms with Gasteiger partial charge in [0.1, 0.15) is 6.10 Å². The van der Waals surface area contributed by atoms with Crippen LogP contribution in [0, 0.1) is 0 Å². The molecule has 0 bridgehead atoms. The summed E-state index contributed by atoms with van der Waals surface area (Å²) in [6.45, 7) is 4.35. The van der Waals surface area contributed by atoms with E-state index in [-0.39, 0.29) is 6.42 Å². The molecule has 0 saturated heterocycles. The summed E-state index contributed by atoms with van der Waals surface area (Å²) < 4.78 is 32.0. The maximum Gasteiger partial charge on any atom is 0.267 e. The maximum absolute atomic E-state index is 12.3. The molecule has 0 aromatic heterocycles. The first-order valence-electron chi connectivity index (χ1n) is 13.6. The second-order valence-electron chi connectivity index (χ2n) is 9.46. The number of aliphatic hydroxyl groups is 2. The van der Waals surface area contributed by atoms with E-state index in [1.54, 1.807) is 6.08 Å². The van der Waals surface area contributed by atoms with Gasteiger partial charge in [0, 0.05) is 0 Å². The largest absolute Gasteiger partial charge is 0.387 e. The first kappa shape index (κ1) is 33.8. The number of amides is 1. The molecular formula is C27H51NO6S. The quantitative estimate of drug-likeness (QED) is 0.0809. The molecule has 8 heteroatoms. The molecule has 0 rings (SSSR count). The number of carbonyl (C=O) groups is 1. The third-order valence-electron chi connectivity index (χ3n) is 5.98. The van der Waals surface area contributed by atoms with Gasteiger partial charge in [-0.1, -0.05) is 102 Å². The highest BCUT2D eigenvalue weighted by molar-refractivity contribution is 7.85. The fourth-order valence-corrected chi connectivity index (χ4v) is 4.52. The van der Waals surface area contributed by atoms with Crippen LogP contribution in [0.5, 0.6) is 0 Å². The van der Waals surface area contributed by atoms with Gasteiger partial charge in [-0.3, -0.25) is 9.35 Å². The van der Waals surface area contributed by atoms with Crippen molar-refractivity contribution in [3.8, 4) is 0 Å². The molecule has 0 fully saturated rings. The first-order chi connectivity index (χ1) is 16.7. The van der Waals surface area contributed by atoms with E-state index in [0.717, 1.165) is 44.9 Å². The van der Waals surface area contributed by atoms with Gasteiger partial charge in [0.2, 0.25) is 5.91 Å². The highest BCUT2D eigenvalue weighted by Gasteiger charge is 2.27. The number of allylic oxidation sites excluding steroid dienone is 3. The second kappa shape index (κ2) is 22.0. The number of carbonyl (C=O) groups excluding carboxylic acids is 1. The van der Waals surface area contributed by atoms with Crippen molar-refractivity contribution in [2.45, 2.75) is 135 Å². The molecule has 206 valence electrons. The molecule has 35 heavy (non-hydrogen) atoms. The number of nitrogens with one attached hydrogen (secondary N) is 1. The molecule has 0 radical (unpaired) electrons. The fraction of sp³-hybridized carbons (Fsp3) is 0.815. The summed E-state index contributed by atoms with van der Waals surface area (Å²) in [7, 11) is -4.42. The average molecular weight is 518 g/mol. The number of unbranched alkanes of at least 4 members (excludes halogenated alkanes) is 12. The molecule has 1 amide bonds. The van der Waals surface area contributed by atoms with E-state index in [2.05, 4.69) is 31.3 Å². The molecular weight excluding hydrogens is 466 g/mol. The molecule has 0 aliphatic carbocycles. The van der Waals surface area contributed by atoms with Crippen LogP contribution < -0.4 is 5.32 Å². The fourth-order valence-electron chi connectivity index (χ4n) is 3.79. The van der Waals surface area contributed by atoms with E-state index in [9.17, 15) is 28.0 Å². The molecule has 0 heterocycles. The Hall–Kier alpha value is -1.22. The van der Waals surface area contributed by atoms with Crippen LogP contribution in [0.15, 0.2) is 24.3 Å². The molecule has 3 atom stereocenters. The van der Waals surface area contributed by atoms with Gasteiger partial charge in [-0.05, 0) is 38.5 Å². The predicted molar refractivity (Wildman–Crippen MR) is 144 cm³/mol. The van der Waals surface area contributed by atoms with Crippen molar-refractivity contribution in [2.75, 3.05) is 5.75 Å². The summed E-state index contributed by atoms with van der Waals surface area (Å²) in [5, 5.41) is 22.9. The smallest absolute Gasteiger partial charge is 0.267 e. The maximum atomic E-state index is 12.3. The Labute approximate surface area is 214 Å². The third-order valence-corrected chi connectivity index (χ3v) is 6.76. The molecule has 0 saturated carbocycles. The third kappa shape index (κ3) is 21.8. The van der Waals surface area contributed by atoms with Gasteiger partial charge in [0.25, 0.3) is 10.1 Å². The van der Waals surface area contributed by atoms with Crippen LogP contribution in [0.1, 0.15) is 117 Å². The molecule has 0 spiro atoms. The summed E-state index contributed by atoms with van der Waals surface area (Å²) >= 11 is 0. The molecule has 0 aliphatic heterocycles. The van der Waals surface area contributed by atoms with Gasteiger partial charge >= 0.3 is 0 Å². The first-order valence-corrected chi connectivity index (χ1v) is 15.3. The Morgan fingerprint density at radius 2 is 1.29 bits per heavy atom. The molecule has 0 aromatic rings. The van der Waals surface area contributed by atoms with Crippen molar-refractivity contribution >= 4 is 16.0 Å². The Balaban J connectivity index is 4.40. The van der Waals surface area contributed by atoms with Crippen molar-refractivity contribution in [3.63, 3.8) is 0 Å². The number of rotatable bonds is 23. The summed E-state index contributed by atoms with van der Waals surface area (Å²) in [6, 6.07) is -1.23. The lowest BCUT2D eigenvalue weighted by Crippen LogP contribution is -2.50. The van der Waals surface area contributed by atoms with Crippen LogP contribution in [-0.4, -0.2) is 53.1 Å². The summed E-state index contributed by atoms with van der Waals surface area (Å²) in [6.07, 6.45) is 21.2. The van der Waals surface area contributed by atoms with E-state index >= 15 is 0 Å². The SMILES string of the molecule is CCCC/C=C\CCCCCC(O)C(=O)NC(CS(=O)(=O)O)C(O)/C=C/CCCCCCCCC. The van der Waals surface area contributed by atoms with Crippen LogP contribution in [0.25, 0.3) is 0 Å². The Morgan fingerprint density at radius 1 is 0.771 bits per heavy atom. The van der Waals surface area contributed by atoms with Gasteiger partial charge < -0.3 is 15.5 Å². The highest BCUT2D eigenvalue weighted by Crippen LogP contribution is 2.11. The number of hydrogen-bond acceptors (Lipinski definition) is 5. The highest BCUT2D eigenvalue weighted by atomic mass is 32.2. The van der Waals surface area contributed by atoms with Crippen LogP contribution >= 0.6 is 0 Å². The van der Waals surface area contributed by atoms with Gasteiger partial charge in [-0.25, -0.2) is 0 Å². The zero-order chi connectivity index (χ0) is 26.4.